The molecule has 25 heavy (non-hydrogen) atoms. The van der Waals surface area contributed by atoms with Crippen LogP contribution >= 0.6 is 15.9 Å². The van der Waals surface area contributed by atoms with E-state index < -0.39 is 0 Å². The Hall–Kier alpha value is -1.56. The molecule has 0 heterocycles. The molecule has 0 aromatic heterocycles. The number of aliphatic imine (C=N–C) groups is 1. The summed E-state index contributed by atoms with van der Waals surface area (Å²) in [4.78, 5) is 16.1. The zero-order chi connectivity index (χ0) is 18.3. The highest BCUT2D eigenvalue weighted by Gasteiger charge is 2.45. The summed E-state index contributed by atoms with van der Waals surface area (Å²) in [5, 5.41) is 9.61. The van der Waals surface area contributed by atoms with Crippen LogP contribution in [0.2, 0.25) is 0 Å². The van der Waals surface area contributed by atoms with Crippen molar-refractivity contribution in [1.29, 1.82) is 0 Å². The number of halogens is 1. The van der Waals surface area contributed by atoms with Crippen molar-refractivity contribution in [2.75, 3.05) is 20.1 Å². The van der Waals surface area contributed by atoms with Crippen molar-refractivity contribution in [3.8, 4) is 0 Å². The highest BCUT2D eigenvalue weighted by molar-refractivity contribution is 9.10. The number of nitrogens with one attached hydrogen (secondary N) is 3. The molecule has 0 aliphatic heterocycles. The van der Waals surface area contributed by atoms with Gasteiger partial charge in [0, 0.05) is 42.5 Å². The Morgan fingerprint density at radius 3 is 2.64 bits per heavy atom. The summed E-state index contributed by atoms with van der Waals surface area (Å²) in [5.74, 6) is 0.818. The maximum atomic E-state index is 11.8. The van der Waals surface area contributed by atoms with Crippen molar-refractivity contribution >= 4 is 27.8 Å². The van der Waals surface area contributed by atoms with Gasteiger partial charge >= 0.3 is 0 Å². The molecule has 1 fully saturated rings. The highest BCUT2D eigenvalue weighted by Crippen LogP contribution is 2.49. The van der Waals surface area contributed by atoms with E-state index in [-0.39, 0.29) is 17.4 Å². The van der Waals surface area contributed by atoms with Gasteiger partial charge in [-0.25, -0.2) is 0 Å². The van der Waals surface area contributed by atoms with Gasteiger partial charge in [-0.2, -0.15) is 0 Å². The van der Waals surface area contributed by atoms with Crippen LogP contribution < -0.4 is 16.0 Å². The third kappa shape index (κ3) is 5.73. The standard InChI is InChI=1S/C19H29BrN4O/c1-4-14(2)24-17(25)9-12-22-18(21-3)23-13-19(10-11-19)15-7-5-6-8-16(15)20/h5-8,14H,4,9-13H2,1-3H3,(H,24,25)(H2,21,22,23). The van der Waals surface area contributed by atoms with Crippen LogP contribution in [0.1, 0.15) is 45.1 Å². The predicted molar refractivity (Wildman–Crippen MR) is 107 cm³/mol. The molecule has 0 bridgehead atoms. The van der Waals surface area contributed by atoms with Gasteiger partial charge in [0.05, 0.1) is 0 Å². The van der Waals surface area contributed by atoms with E-state index in [2.05, 4.69) is 62.0 Å². The molecule has 0 radical (unpaired) electrons. The number of benzene rings is 1. The summed E-state index contributed by atoms with van der Waals surface area (Å²) < 4.78 is 1.17. The molecule has 2 rings (SSSR count). The van der Waals surface area contributed by atoms with E-state index in [9.17, 15) is 4.79 Å². The first-order chi connectivity index (χ1) is 12.0. The summed E-state index contributed by atoms with van der Waals surface area (Å²) >= 11 is 3.66. The van der Waals surface area contributed by atoms with E-state index in [0.29, 0.717) is 13.0 Å². The molecule has 1 saturated carbocycles. The number of nitrogens with zero attached hydrogens (tertiary/aromatic N) is 1. The minimum absolute atomic E-state index is 0.0733. The van der Waals surface area contributed by atoms with Crippen LogP contribution in [0.5, 0.6) is 0 Å². The van der Waals surface area contributed by atoms with E-state index in [1.807, 2.05) is 13.0 Å². The van der Waals surface area contributed by atoms with Gasteiger partial charge in [0.1, 0.15) is 0 Å². The summed E-state index contributed by atoms with van der Waals surface area (Å²) in [5.41, 5.74) is 1.54. The van der Waals surface area contributed by atoms with E-state index in [1.54, 1.807) is 7.05 Å². The first-order valence-corrected chi connectivity index (χ1v) is 9.79. The van der Waals surface area contributed by atoms with Crippen LogP contribution in [0, 0.1) is 0 Å². The van der Waals surface area contributed by atoms with Gasteiger partial charge in [-0.05, 0) is 37.8 Å². The van der Waals surface area contributed by atoms with Crippen LogP contribution in [0.15, 0.2) is 33.7 Å². The second-order valence-electron chi connectivity index (χ2n) is 6.74. The van der Waals surface area contributed by atoms with Crippen molar-refractivity contribution in [2.45, 2.75) is 51.0 Å². The van der Waals surface area contributed by atoms with Gasteiger partial charge in [-0.3, -0.25) is 9.79 Å². The van der Waals surface area contributed by atoms with Crippen LogP contribution in [-0.4, -0.2) is 38.0 Å². The zero-order valence-electron chi connectivity index (χ0n) is 15.4. The fourth-order valence-electron chi connectivity index (χ4n) is 2.80. The quantitative estimate of drug-likeness (QED) is 0.457. The maximum absolute atomic E-state index is 11.8. The average Bonchev–Trinajstić information content (AvgIpc) is 3.39. The highest BCUT2D eigenvalue weighted by atomic mass is 79.9. The summed E-state index contributed by atoms with van der Waals surface area (Å²) in [6.45, 7) is 5.49. The van der Waals surface area contributed by atoms with Crippen molar-refractivity contribution in [3.05, 3.63) is 34.3 Å². The van der Waals surface area contributed by atoms with Gasteiger partial charge in [0.2, 0.25) is 5.91 Å². The maximum Gasteiger partial charge on any atom is 0.221 e. The number of carbonyl (C=O) groups excluding carboxylic acids is 1. The van der Waals surface area contributed by atoms with E-state index in [1.165, 1.54) is 22.9 Å². The Kier molecular flexibility index (Phi) is 7.29. The lowest BCUT2D eigenvalue weighted by Crippen LogP contribution is -2.43. The molecule has 1 amide bonds. The first-order valence-electron chi connectivity index (χ1n) is 8.99. The van der Waals surface area contributed by atoms with E-state index in [0.717, 1.165) is 18.9 Å². The lowest BCUT2D eigenvalue weighted by Gasteiger charge is -2.20. The topological polar surface area (TPSA) is 65.5 Å². The SMILES string of the molecule is CCC(C)NC(=O)CCNC(=NC)NCC1(c2ccccc2Br)CC1. The van der Waals surface area contributed by atoms with Crippen LogP contribution in [0.3, 0.4) is 0 Å². The lowest BCUT2D eigenvalue weighted by atomic mass is 9.96. The Morgan fingerprint density at radius 2 is 2.04 bits per heavy atom. The zero-order valence-corrected chi connectivity index (χ0v) is 16.9. The van der Waals surface area contributed by atoms with Crippen LogP contribution in [-0.2, 0) is 10.2 Å². The largest absolute Gasteiger partial charge is 0.356 e. The van der Waals surface area contributed by atoms with Crippen molar-refractivity contribution in [1.82, 2.24) is 16.0 Å². The molecule has 138 valence electrons. The monoisotopic (exact) mass is 408 g/mol. The number of hydrogen-bond donors (Lipinski definition) is 3. The second-order valence-corrected chi connectivity index (χ2v) is 7.59. The molecule has 1 unspecified atom stereocenters. The Balaban J connectivity index is 1.78. The van der Waals surface area contributed by atoms with E-state index >= 15 is 0 Å². The van der Waals surface area contributed by atoms with Crippen molar-refractivity contribution < 1.29 is 4.79 Å². The summed E-state index contributed by atoms with van der Waals surface area (Å²) in [6, 6.07) is 8.64. The molecular weight excluding hydrogens is 380 g/mol. The lowest BCUT2D eigenvalue weighted by molar-refractivity contribution is -0.121. The van der Waals surface area contributed by atoms with Crippen LogP contribution in [0.25, 0.3) is 0 Å². The van der Waals surface area contributed by atoms with Gasteiger partial charge < -0.3 is 16.0 Å². The van der Waals surface area contributed by atoms with Crippen molar-refractivity contribution in [2.24, 2.45) is 4.99 Å². The normalized spacial score (nSPS) is 16.9. The molecule has 6 heteroatoms. The predicted octanol–water partition coefficient (Wildman–Crippen LogP) is 2.95. The minimum Gasteiger partial charge on any atom is -0.356 e. The second kappa shape index (κ2) is 9.22. The van der Waals surface area contributed by atoms with Gasteiger partial charge in [-0.1, -0.05) is 41.1 Å². The molecule has 5 nitrogen and oxygen atoms in total. The number of amides is 1. The molecule has 1 aromatic carbocycles. The Morgan fingerprint density at radius 1 is 1.32 bits per heavy atom. The van der Waals surface area contributed by atoms with Gasteiger partial charge in [0.25, 0.3) is 0 Å². The molecule has 3 N–H and O–H groups in total. The smallest absolute Gasteiger partial charge is 0.221 e. The molecular formula is C19H29BrN4O. The van der Waals surface area contributed by atoms with Crippen LogP contribution in [0.4, 0.5) is 0 Å². The summed E-state index contributed by atoms with van der Waals surface area (Å²) in [6.07, 6.45) is 3.74. The average molecular weight is 409 g/mol. The number of carbonyl (C=O) groups is 1. The number of rotatable bonds is 8. The van der Waals surface area contributed by atoms with Gasteiger partial charge in [-0.15, -0.1) is 0 Å². The fraction of sp³-hybridized carbons (Fsp3) is 0.579. The van der Waals surface area contributed by atoms with Crippen molar-refractivity contribution in [3.63, 3.8) is 0 Å². The molecule has 0 spiro atoms. The summed E-state index contributed by atoms with van der Waals surface area (Å²) in [7, 11) is 1.76. The molecule has 1 aliphatic carbocycles. The third-order valence-electron chi connectivity index (χ3n) is 4.78. The number of guanidine groups is 1. The molecule has 0 saturated heterocycles. The Labute approximate surface area is 159 Å². The molecule has 1 atom stereocenters. The fourth-order valence-corrected chi connectivity index (χ4v) is 3.51. The first kappa shape index (κ1) is 19.8. The molecule has 1 aliphatic rings. The molecule has 1 aromatic rings. The minimum atomic E-state index is 0.0733. The van der Waals surface area contributed by atoms with Gasteiger partial charge in [0.15, 0.2) is 5.96 Å². The Bertz CT molecular complexity index is 613. The van der Waals surface area contributed by atoms with E-state index in [4.69, 9.17) is 0 Å². The third-order valence-corrected chi connectivity index (χ3v) is 5.47. The number of hydrogen-bond acceptors (Lipinski definition) is 2.